The number of benzene rings is 1. The van der Waals surface area contributed by atoms with Crippen LogP contribution in [0.15, 0.2) is 18.2 Å². The Balaban J connectivity index is 1.64. The number of carbonyl (C=O) groups is 2. The van der Waals surface area contributed by atoms with Gasteiger partial charge in [0.2, 0.25) is 0 Å². The summed E-state index contributed by atoms with van der Waals surface area (Å²) in [6.45, 7) is 1.14. The maximum atomic E-state index is 12.8. The van der Waals surface area contributed by atoms with Gasteiger partial charge in [-0.15, -0.1) is 0 Å². The molecule has 1 atom stereocenters. The van der Waals surface area contributed by atoms with Crippen molar-refractivity contribution in [3.05, 3.63) is 28.8 Å². The summed E-state index contributed by atoms with van der Waals surface area (Å²) < 4.78 is 10.6. The van der Waals surface area contributed by atoms with Crippen molar-refractivity contribution in [2.24, 2.45) is 0 Å². The zero-order chi connectivity index (χ0) is 18.5. The molecule has 1 aromatic carbocycles. The number of amides is 2. The fourth-order valence-corrected chi connectivity index (χ4v) is 3.71. The van der Waals surface area contributed by atoms with E-state index in [1.807, 2.05) is 7.05 Å². The Morgan fingerprint density at radius 1 is 1.19 bits per heavy atom. The highest BCUT2D eigenvalue weighted by Crippen LogP contribution is 2.26. The molecule has 3 rings (SSSR count). The predicted molar refractivity (Wildman–Crippen MR) is 99.6 cm³/mol. The Bertz CT molecular complexity index is 655. The summed E-state index contributed by atoms with van der Waals surface area (Å²) >= 11 is 6.32. The molecule has 1 saturated carbocycles. The molecule has 1 saturated heterocycles. The van der Waals surface area contributed by atoms with E-state index in [4.69, 9.17) is 21.1 Å². The van der Waals surface area contributed by atoms with Crippen molar-refractivity contribution in [1.82, 2.24) is 4.90 Å². The second kappa shape index (κ2) is 8.84. The normalized spacial score (nSPS) is 21.2. The van der Waals surface area contributed by atoms with Crippen molar-refractivity contribution < 1.29 is 19.1 Å². The summed E-state index contributed by atoms with van der Waals surface area (Å²) in [5.41, 5.74) is 0.987. The molecule has 2 aliphatic rings. The van der Waals surface area contributed by atoms with Crippen molar-refractivity contribution in [1.29, 1.82) is 0 Å². The quantitative estimate of drug-likeness (QED) is 0.871. The zero-order valence-electron chi connectivity index (χ0n) is 15.0. The SMILES string of the molecule is CN(C(=O)c1ccc(NC(=O)[C@@H]2COCCO2)cc1Cl)C1CCCCC1. The van der Waals surface area contributed by atoms with Gasteiger partial charge in [-0.25, -0.2) is 0 Å². The van der Waals surface area contributed by atoms with E-state index in [-0.39, 0.29) is 24.5 Å². The highest BCUT2D eigenvalue weighted by Gasteiger charge is 2.25. The van der Waals surface area contributed by atoms with Crippen molar-refractivity contribution >= 4 is 29.1 Å². The van der Waals surface area contributed by atoms with Crippen molar-refractivity contribution in [2.45, 2.75) is 44.2 Å². The van der Waals surface area contributed by atoms with Gasteiger partial charge in [0.05, 0.1) is 30.4 Å². The summed E-state index contributed by atoms with van der Waals surface area (Å²) in [6.07, 6.45) is 5.02. The Morgan fingerprint density at radius 3 is 2.62 bits per heavy atom. The molecule has 0 spiro atoms. The molecule has 6 nitrogen and oxygen atoms in total. The largest absolute Gasteiger partial charge is 0.376 e. The van der Waals surface area contributed by atoms with Crippen molar-refractivity contribution in [2.75, 3.05) is 32.2 Å². The van der Waals surface area contributed by atoms with E-state index < -0.39 is 6.10 Å². The number of rotatable bonds is 4. The maximum Gasteiger partial charge on any atom is 0.255 e. The third-order valence-electron chi connectivity index (χ3n) is 5.02. The molecule has 1 aliphatic heterocycles. The first kappa shape index (κ1) is 19.1. The molecule has 1 heterocycles. The third kappa shape index (κ3) is 4.55. The van der Waals surface area contributed by atoms with Gasteiger partial charge in [-0.05, 0) is 31.0 Å². The van der Waals surface area contributed by atoms with E-state index in [9.17, 15) is 9.59 Å². The molecular weight excluding hydrogens is 356 g/mol. The lowest BCUT2D eigenvalue weighted by atomic mass is 9.94. The lowest BCUT2D eigenvalue weighted by molar-refractivity contribution is -0.142. The second-order valence-corrected chi connectivity index (χ2v) is 7.23. The summed E-state index contributed by atoms with van der Waals surface area (Å²) in [7, 11) is 1.84. The fraction of sp³-hybridized carbons (Fsp3) is 0.579. The van der Waals surface area contributed by atoms with Crippen LogP contribution in [0, 0.1) is 0 Å². The average Bonchev–Trinajstić information content (AvgIpc) is 2.68. The maximum absolute atomic E-state index is 12.8. The summed E-state index contributed by atoms with van der Waals surface area (Å²) in [4.78, 5) is 26.7. The first-order valence-electron chi connectivity index (χ1n) is 9.13. The zero-order valence-corrected chi connectivity index (χ0v) is 15.8. The molecule has 2 fully saturated rings. The van der Waals surface area contributed by atoms with E-state index in [0.717, 1.165) is 25.7 Å². The van der Waals surface area contributed by atoms with E-state index in [1.165, 1.54) is 6.42 Å². The van der Waals surface area contributed by atoms with Crippen LogP contribution < -0.4 is 5.32 Å². The van der Waals surface area contributed by atoms with E-state index in [2.05, 4.69) is 5.32 Å². The van der Waals surface area contributed by atoms with Crippen LogP contribution in [0.4, 0.5) is 5.69 Å². The molecule has 2 amide bonds. The van der Waals surface area contributed by atoms with Crippen LogP contribution in [0.2, 0.25) is 5.02 Å². The number of ether oxygens (including phenoxy) is 2. The van der Waals surface area contributed by atoms with Crippen molar-refractivity contribution in [3.63, 3.8) is 0 Å². The number of nitrogens with zero attached hydrogens (tertiary/aromatic N) is 1. The van der Waals surface area contributed by atoms with Crippen LogP contribution in [-0.4, -0.2) is 55.7 Å². The minimum absolute atomic E-state index is 0.0798. The standard InChI is InChI=1S/C19H25ClN2O4/c1-22(14-5-3-2-4-6-14)19(24)15-8-7-13(11-16(15)20)21-18(23)17-12-25-9-10-26-17/h7-8,11,14,17H,2-6,9-10,12H2,1H3,(H,21,23)/t17-/m0/s1. The van der Waals surface area contributed by atoms with E-state index >= 15 is 0 Å². The summed E-state index contributed by atoms with van der Waals surface area (Å²) in [5.74, 6) is -0.358. The minimum Gasteiger partial charge on any atom is -0.376 e. The lowest BCUT2D eigenvalue weighted by Gasteiger charge is -2.31. The van der Waals surface area contributed by atoms with Gasteiger partial charge < -0.3 is 19.7 Å². The highest BCUT2D eigenvalue weighted by atomic mass is 35.5. The number of hydrogen-bond acceptors (Lipinski definition) is 4. The topological polar surface area (TPSA) is 67.9 Å². The molecule has 0 unspecified atom stereocenters. The Hall–Kier alpha value is -1.63. The molecule has 26 heavy (non-hydrogen) atoms. The van der Waals surface area contributed by atoms with Gasteiger partial charge in [-0.3, -0.25) is 9.59 Å². The molecule has 7 heteroatoms. The highest BCUT2D eigenvalue weighted by molar-refractivity contribution is 6.34. The van der Waals surface area contributed by atoms with Gasteiger partial charge in [0, 0.05) is 18.8 Å². The minimum atomic E-state index is -0.624. The summed E-state index contributed by atoms with van der Waals surface area (Å²) in [6, 6.07) is 5.23. The third-order valence-corrected chi connectivity index (χ3v) is 5.33. The fourth-order valence-electron chi connectivity index (χ4n) is 3.45. The number of hydrogen-bond donors (Lipinski definition) is 1. The molecule has 142 valence electrons. The van der Waals surface area contributed by atoms with Gasteiger partial charge in [0.25, 0.3) is 11.8 Å². The van der Waals surface area contributed by atoms with Gasteiger partial charge in [0.1, 0.15) is 0 Å². The lowest BCUT2D eigenvalue weighted by Crippen LogP contribution is -2.39. The second-order valence-electron chi connectivity index (χ2n) is 6.83. The molecule has 0 bridgehead atoms. The van der Waals surface area contributed by atoms with Gasteiger partial charge >= 0.3 is 0 Å². The van der Waals surface area contributed by atoms with Crippen LogP contribution in [-0.2, 0) is 14.3 Å². The molecule has 1 N–H and O–H groups in total. The molecule has 0 radical (unpaired) electrons. The molecular formula is C19H25ClN2O4. The number of anilines is 1. The molecule has 1 aromatic rings. The van der Waals surface area contributed by atoms with E-state index in [1.54, 1.807) is 23.1 Å². The van der Waals surface area contributed by atoms with Gasteiger partial charge in [-0.2, -0.15) is 0 Å². The predicted octanol–water partition coefficient (Wildman–Crippen LogP) is 3.10. The monoisotopic (exact) mass is 380 g/mol. The van der Waals surface area contributed by atoms with Crippen LogP contribution in [0.5, 0.6) is 0 Å². The molecule has 1 aliphatic carbocycles. The van der Waals surface area contributed by atoms with Crippen LogP contribution in [0.3, 0.4) is 0 Å². The van der Waals surface area contributed by atoms with Crippen molar-refractivity contribution in [3.8, 4) is 0 Å². The van der Waals surface area contributed by atoms with Gasteiger partial charge in [0.15, 0.2) is 6.10 Å². The Kier molecular flexibility index (Phi) is 6.51. The first-order chi connectivity index (χ1) is 12.6. The number of halogens is 1. The van der Waals surface area contributed by atoms with Crippen LogP contribution >= 0.6 is 11.6 Å². The molecule has 0 aromatic heterocycles. The average molecular weight is 381 g/mol. The Labute approximate surface area is 158 Å². The number of carbonyl (C=O) groups excluding carboxylic acids is 2. The van der Waals surface area contributed by atoms with Crippen LogP contribution in [0.1, 0.15) is 42.5 Å². The summed E-state index contributed by atoms with van der Waals surface area (Å²) in [5, 5.41) is 3.09. The Morgan fingerprint density at radius 2 is 1.96 bits per heavy atom. The van der Waals surface area contributed by atoms with Gasteiger partial charge in [-0.1, -0.05) is 30.9 Å². The smallest absolute Gasteiger partial charge is 0.255 e. The number of nitrogens with one attached hydrogen (secondary N) is 1. The van der Waals surface area contributed by atoms with Crippen LogP contribution in [0.25, 0.3) is 0 Å². The van der Waals surface area contributed by atoms with E-state index in [0.29, 0.717) is 29.5 Å². The first-order valence-corrected chi connectivity index (χ1v) is 9.51.